The Bertz CT molecular complexity index is 5370. The number of rotatable bonds is 22. The molecule has 704 valence electrons. The fourth-order valence-corrected chi connectivity index (χ4v) is 19.6. The first-order valence-corrected chi connectivity index (χ1v) is 45.8. The quantitative estimate of drug-likeness (QED) is 0.0221. The van der Waals surface area contributed by atoms with Crippen LogP contribution in [0.5, 0.6) is 0 Å². The third-order valence-electron chi connectivity index (χ3n) is 27.0. The van der Waals surface area contributed by atoms with Gasteiger partial charge in [0.25, 0.3) is 0 Å². The molecule has 2 heterocycles. The minimum atomic E-state index is -1.45. The normalized spacial score (nSPS) is 21.2. The predicted molar refractivity (Wildman–Crippen MR) is 496 cm³/mol. The van der Waals surface area contributed by atoms with Crippen molar-refractivity contribution in [3.8, 4) is 44.5 Å². The highest BCUT2D eigenvalue weighted by atomic mass is 16.6. The topological polar surface area (TPSA) is 483 Å². The number of aliphatic hydroxyl groups excluding tert-OH is 2. The van der Waals surface area contributed by atoms with Crippen molar-refractivity contribution in [2.45, 2.75) is 211 Å². The second kappa shape index (κ2) is 43.6. The molecule has 2 saturated heterocycles. The highest BCUT2D eigenvalue weighted by molar-refractivity contribution is 5.89. The molecule has 8 aliphatic carbocycles. The van der Waals surface area contributed by atoms with Crippen LogP contribution in [0.25, 0.3) is 44.5 Å². The first kappa shape index (κ1) is 96.7. The number of ether oxygens (including phenoxy) is 6. The summed E-state index contributed by atoms with van der Waals surface area (Å²) in [5.74, 6) is -5.45. The number of carbonyl (C=O) groups is 10. The Hall–Kier alpha value is -13.4. The molecule has 0 bridgehead atoms. The summed E-state index contributed by atoms with van der Waals surface area (Å²) in [7, 11) is 0. The van der Waals surface area contributed by atoms with Gasteiger partial charge in [-0.25, -0.2) is 33.6 Å². The number of epoxide rings is 1. The summed E-state index contributed by atoms with van der Waals surface area (Å²) in [5.41, 5.74) is 25.3. The summed E-state index contributed by atoms with van der Waals surface area (Å²) >= 11 is 0. The maximum absolute atomic E-state index is 13.2. The van der Waals surface area contributed by atoms with Crippen LogP contribution in [0, 0.1) is 0 Å². The van der Waals surface area contributed by atoms with Gasteiger partial charge in [0.05, 0.1) is 24.4 Å². The lowest BCUT2D eigenvalue weighted by Crippen LogP contribution is -2.57. The number of hydrogen-bond donors (Lipinski definition) is 14. The van der Waals surface area contributed by atoms with E-state index in [9.17, 15) is 58.2 Å². The van der Waals surface area contributed by atoms with Crippen molar-refractivity contribution in [2.75, 3.05) is 39.6 Å². The smallest absolute Gasteiger partial charge is 0.408 e. The van der Waals surface area contributed by atoms with Gasteiger partial charge in [-0.05, 0) is 127 Å². The maximum atomic E-state index is 13.2. The zero-order valence-electron chi connectivity index (χ0n) is 74.5. The molecular weight excluding hydrogens is 1720 g/mol. The lowest BCUT2D eigenvalue weighted by molar-refractivity contribution is -0.149. The van der Waals surface area contributed by atoms with E-state index in [1.165, 1.54) is 17.5 Å². The standard InChI is InChI=1S/C30H32N2O3.C22H23NO4.C21H21NO5.C19H19NO4.C6H11NO4.C6H9NO3/c33-29(31-22-13-5-2-6-14-22)28(19-21-11-3-1-4-12-21)32-30(34)35-20-27-25-17-9-7-15-23(25)24-16-8-10-18-26(24)27;24-20(25)22(12-6-1-7-13-22)23-21(26)27-14-19-17-10-4-2-8-15(17)16-9-3-5-11-18(16)19;23-19(24)21(9-11-26-12-10-21)22-20(25)27-13-18-16-7-3-1-5-14(16)15-6-2-4-8-17(15)18;1-2-17(18(21)22)20-19(23)24-11-16-14-9-5-3-7-12(14)13-8-4-6-10-15(13)16;7-6(5(10)11)1-3(8)4(9)2-6;7-6(5(8)9)1-3-4(2-6)10-3/h1,3-4,7-12,15-18,22,27-28H,2,5-6,13-14,19-20H2,(H,31,33)(H,32,34);2-5,8-11,19H,1,6-7,12-14H2,(H,23,26)(H,24,25);1-8,18H,9-13H2,(H,22,25)(H,23,24);3-10,16-17H,2,11H2,1H3,(H,20,23)(H,21,22);3-4,8-9H,1-2,7H2,(H,10,11);3-4H,1-2,7H2,(H,8,9)/t;;;17-;3-,4+,6?;/m...1../s1. The van der Waals surface area contributed by atoms with Gasteiger partial charge in [-0.3, -0.25) is 14.4 Å². The van der Waals surface area contributed by atoms with Gasteiger partial charge in [-0.15, -0.1) is 0 Å². The number of carboxylic acids is 5. The van der Waals surface area contributed by atoms with Crippen LogP contribution in [0.4, 0.5) is 19.2 Å². The summed E-state index contributed by atoms with van der Waals surface area (Å²) in [5, 5.41) is 76.9. The van der Waals surface area contributed by atoms with Crippen molar-refractivity contribution in [1.29, 1.82) is 0 Å². The van der Waals surface area contributed by atoms with Crippen molar-refractivity contribution in [3.05, 3.63) is 275 Å². The summed E-state index contributed by atoms with van der Waals surface area (Å²) in [6.45, 7) is 3.05. The van der Waals surface area contributed by atoms with Gasteiger partial charge in [-0.2, -0.15) is 0 Å². The molecule has 6 fully saturated rings. The second-order valence-electron chi connectivity index (χ2n) is 35.8. The number of fused-ring (bicyclic) bond motifs is 13. The molecule has 19 rings (SSSR count). The zero-order valence-corrected chi connectivity index (χ0v) is 74.5. The second-order valence-corrected chi connectivity index (χ2v) is 35.8. The number of aliphatic hydroxyl groups is 2. The van der Waals surface area contributed by atoms with E-state index in [0.29, 0.717) is 51.7 Å². The maximum Gasteiger partial charge on any atom is 0.408 e. The molecule has 9 aromatic carbocycles. The van der Waals surface area contributed by atoms with Crippen LogP contribution < -0.4 is 38.1 Å². The van der Waals surface area contributed by atoms with E-state index >= 15 is 0 Å². The summed E-state index contributed by atoms with van der Waals surface area (Å²) in [6, 6.07) is 73.4. The largest absolute Gasteiger partial charge is 0.480 e. The fraction of sp³-hybridized carbons (Fsp3) is 0.385. The predicted octanol–water partition coefficient (Wildman–Crippen LogP) is 14.1. The van der Waals surface area contributed by atoms with Crippen LogP contribution in [-0.4, -0.2) is 200 Å². The highest BCUT2D eigenvalue weighted by Crippen LogP contribution is 2.50. The van der Waals surface area contributed by atoms with E-state index in [2.05, 4.69) is 99.4 Å². The average molecular weight is 1830 g/mol. The Morgan fingerprint density at radius 1 is 0.373 bits per heavy atom. The number of benzene rings is 9. The van der Waals surface area contributed by atoms with Gasteiger partial charge in [0.2, 0.25) is 5.91 Å². The van der Waals surface area contributed by atoms with Crippen molar-refractivity contribution in [1.82, 2.24) is 26.6 Å². The summed E-state index contributed by atoms with van der Waals surface area (Å²) in [4.78, 5) is 118. The fourth-order valence-electron chi connectivity index (χ4n) is 19.6. The summed E-state index contributed by atoms with van der Waals surface area (Å²) in [6.07, 6.45) is 6.61. The Balaban J connectivity index is 0.000000134. The van der Waals surface area contributed by atoms with Crippen LogP contribution >= 0.6 is 0 Å². The molecule has 4 saturated carbocycles. The molecule has 30 nitrogen and oxygen atoms in total. The van der Waals surface area contributed by atoms with Crippen molar-refractivity contribution in [2.24, 2.45) is 11.5 Å². The van der Waals surface area contributed by atoms with Gasteiger partial charge >= 0.3 is 54.2 Å². The Morgan fingerprint density at radius 2 is 0.672 bits per heavy atom. The van der Waals surface area contributed by atoms with Crippen molar-refractivity contribution in [3.63, 3.8) is 0 Å². The van der Waals surface area contributed by atoms with Crippen LogP contribution in [0.3, 0.4) is 0 Å². The molecule has 0 radical (unpaired) electrons. The van der Waals surface area contributed by atoms with E-state index < -0.39 is 101 Å². The molecule has 30 heteroatoms. The minimum Gasteiger partial charge on any atom is -0.480 e. The van der Waals surface area contributed by atoms with Crippen molar-refractivity contribution >= 4 is 60.1 Å². The zero-order chi connectivity index (χ0) is 94.9. The van der Waals surface area contributed by atoms with E-state index in [0.717, 1.165) is 128 Å². The number of carbonyl (C=O) groups excluding carboxylic acids is 5. The van der Waals surface area contributed by atoms with Crippen LogP contribution in [0.2, 0.25) is 0 Å². The minimum absolute atomic E-state index is 0.0169. The number of alkyl carbamates (subject to hydrolysis) is 4. The lowest BCUT2D eigenvalue weighted by atomic mass is 9.82. The van der Waals surface area contributed by atoms with Gasteiger partial charge in [0.15, 0.2) is 0 Å². The van der Waals surface area contributed by atoms with Gasteiger partial charge in [-0.1, -0.05) is 270 Å². The molecule has 0 aromatic heterocycles. The van der Waals surface area contributed by atoms with Crippen LogP contribution in [0.15, 0.2) is 224 Å². The third-order valence-corrected chi connectivity index (χ3v) is 27.0. The van der Waals surface area contributed by atoms with Crippen molar-refractivity contribution < 1.29 is 112 Å². The number of aliphatic carboxylic acids is 5. The third kappa shape index (κ3) is 22.8. The Morgan fingerprint density at radius 3 is 0.978 bits per heavy atom. The molecule has 2 aliphatic heterocycles. The van der Waals surface area contributed by atoms with Gasteiger partial charge in [0, 0.05) is 87.9 Å². The molecule has 5 amide bonds. The average Bonchev–Trinajstić information content (AvgIpc) is 1.60. The van der Waals surface area contributed by atoms with Crippen LogP contribution in [0.1, 0.15) is 190 Å². The first-order chi connectivity index (χ1) is 64.6. The molecule has 10 aliphatic rings. The summed E-state index contributed by atoms with van der Waals surface area (Å²) < 4.78 is 32.3. The van der Waals surface area contributed by atoms with Crippen LogP contribution in [-0.2, 0) is 63.6 Å². The molecule has 4 unspecified atom stereocenters. The van der Waals surface area contributed by atoms with Gasteiger partial charge in [0.1, 0.15) is 60.7 Å². The molecular formula is C104H115N7O23. The number of carboxylic acid groups (broad SMARTS) is 5. The molecule has 9 aromatic rings. The van der Waals surface area contributed by atoms with E-state index in [-0.39, 0.29) is 99.9 Å². The van der Waals surface area contributed by atoms with E-state index in [1.54, 1.807) is 6.92 Å². The molecule has 7 atom stereocenters. The van der Waals surface area contributed by atoms with Gasteiger partial charge < -0.3 is 102 Å². The number of nitrogens with one attached hydrogen (secondary N) is 5. The van der Waals surface area contributed by atoms with E-state index in [1.807, 2.05) is 152 Å². The Labute approximate surface area is 775 Å². The molecule has 0 spiro atoms. The number of nitrogens with two attached hydrogens (primary N) is 2. The monoisotopic (exact) mass is 1830 g/mol. The first-order valence-electron chi connectivity index (χ1n) is 45.8. The molecule has 16 N–H and O–H groups in total. The SMILES string of the molecule is CC[C@@H](NC(=O)OCC1c2ccccc2-c2ccccc21)C(=O)O.NC1(C(=O)O)CC2OC2C1.NC1(C(=O)O)C[C@@H](O)[C@@H](O)C1.O=C(NC(Cc1ccccc1)C(=O)NC1CCCCC1)OCC1c2ccccc2-c2ccccc21.O=C(NC1(C(=O)O)CCCCC1)OCC1c2ccccc2-c2ccccc21.O=C(NC1(C(=O)O)CCOCC1)OCC1c2ccccc2-c2ccccc21. The Kier molecular flexibility index (Phi) is 31.4. The molecule has 134 heavy (non-hydrogen) atoms. The number of hydrogen-bond acceptors (Lipinski definition) is 20. The number of amides is 5. The highest BCUT2D eigenvalue weighted by Gasteiger charge is 2.58. The van der Waals surface area contributed by atoms with E-state index in [4.69, 9.17) is 65.4 Å². The lowest BCUT2D eigenvalue weighted by Gasteiger charge is -2.33.